The van der Waals surface area contributed by atoms with Crippen LogP contribution in [0.5, 0.6) is 0 Å². The molecule has 0 radical (unpaired) electrons. The number of amides is 2. The van der Waals surface area contributed by atoms with E-state index >= 15 is 0 Å². The number of fused-ring (bicyclic) bond motifs is 1. The monoisotopic (exact) mass is 367 g/mol. The third kappa shape index (κ3) is 3.06. The Morgan fingerprint density at radius 3 is 2.65 bits per heavy atom. The van der Waals surface area contributed by atoms with E-state index in [9.17, 15) is 9.59 Å². The quantitative estimate of drug-likeness (QED) is 0.679. The van der Waals surface area contributed by atoms with Gasteiger partial charge in [-0.1, -0.05) is 41.9 Å². The Labute approximate surface area is 155 Å². The minimum absolute atomic E-state index is 0.00723. The molecule has 4 rings (SSSR count). The fraction of sp³-hybridized carbons (Fsp3) is 0.200. The molecule has 0 spiro atoms. The summed E-state index contributed by atoms with van der Waals surface area (Å²) in [5.41, 5.74) is 2.81. The highest BCUT2D eigenvalue weighted by Gasteiger charge is 2.36. The van der Waals surface area contributed by atoms with Crippen LogP contribution in [0.1, 0.15) is 23.6 Å². The summed E-state index contributed by atoms with van der Waals surface area (Å²) in [7, 11) is 0. The number of carbonyl (C=O) groups is 2. The van der Waals surface area contributed by atoms with Crippen LogP contribution < -0.4 is 5.32 Å². The van der Waals surface area contributed by atoms with Gasteiger partial charge in [-0.2, -0.15) is 0 Å². The summed E-state index contributed by atoms with van der Waals surface area (Å²) < 4.78 is 0. The Morgan fingerprint density at radius 2 is 1.96 bits per heavy atom. The Morgan fingerprint density at radius 1 is 1.19 bits per heavy atom. The van der Waals surface area contributed by atoms with Crippen molar-refractivity contribution < 1.29 is 9.59 Å². The maximum absolute atomic E-state index is 12.9. The number of halogens is 1. The number of benzene rings is 2. The number of β-lactam (4-membered cyclic amide) rings is 1. The highest BCUT2D eigenvalue weighted by Crippen LogP contribution is 2.28. The van der Waals surface area contributed by atoms with Gasteiger partial charge in [0, 0.05) is 41.6 Å². The molecule has 1 atom stereocenters. The number of rotatable bonds is 5. The highest BCUT2D eigenvalue weighted by molar-refractivity contribution is 6.30. The smallest absolute Gasteiger partial charge is 0.247 e. The average Bonchev–Trinajstić information content (AvgIpc) is 3.07. The maximum atomic E-state index is 12.9. The predicted octanol–water partition coefficient (Wildman–Crippen LogP) is 3.41. The number of hydrogen-bond donors (Lipinski definition) is 2. The standard InChI is InChI=1S/C20H18ClN3O2/c21-15-7-5-13(6-8-15)19(24-10-9-18(24)25)20(26)23-12-14-11-22-17-4-2-1-3-16(14)17/h1-8,11,19,22H,9-10,12H2,(H,23,26). The third-order valence-corrected chi connectivity index (χ3v) is 5.01. The lowest BCUT2D eigenvalue weighted by Gasteiger charge is -2.37. The molecule has 3 aromatic rings. The molecule has 0 aliphatic carbocycles. The van der Waals surface area contributed by atoms with Crippen LogP contribution in [-0.4, -0.2) is 28.2 Å². The van der Waals surface area contributed by atoms with Crippen LogP contribution in [0.15, 0.2) is 54.7 Å². The first-order valence-electron chi connectivity index (χ1n) is 8.51. The summed E-state index contributed by atoms with van der Waals surface area (Å²) in [5.74, 6) is -0.196. The second-order valence-electron chi connectivity index (χ2n) is 6.37. The van der Waals surface area contributed by atoms with Crippen LogP contribution in [0.3, 0.4) is 0 Å². The molecule has 1 aliphatic rings. The average molecular weight is 368 g/mol. The second-order valence-corrected chi connectivity index (χ2v) is 6.80. The summed E-state index contributed by atoms with van der Waals surface area (Å²) in [6, 6.07) is 14.4. The van der Waals surface area contributed by atoms with Crippen LogP contribution >= 0.6 is 11.6 Å². The summed E-state index contributed by atoms with van der Waals surface area (Å²) in [4.78, 5) is 29.6. The SMILES string of the molecule is O=C(NCc1c[nH]c2ccccc12)C(c1ccc(Cl)cc1)N1CCC1=O. The number of likely N-dealkylation sites (tertiary alicyclic amines) is 1. The molecule has 2 N–H and O–H groups in total. The van der Waals surface area contributed by atoms with Crippen LogP contribution in [0, 0.1) is 0 Å². The fourth-order valence-corrected chi connectivity index (χ4v) is 3.41. The van der Waals surface area contributed by atoms with Gasteiger partial charge in [-0.25, -0.2) is 0 Å². The molecule has 2 heterocycles. The molecule has 1 unspecified atom stereocenters. The van der Waals surface area contributed by atoms with Gasteiger partial charge in [0.25, 0.3) is 0 Å². The molecule has 0 saturated carbocycles. The number of aromatic amines is 1. The van der Waals surface area contributed by atoms with E-state index in [1.54, 1.807) is 29.2 Å². The van der Waals surface area contributed by atoms with Crippen molar-refractivity contribution in [1.29, 1.82) is 0 Å². The van der Waals surface area contributed by atoms with E-state index in [-0.39, 0.29) is 11.8 Å². The first kappa shape index (κ1) is 16.7. The summed E-state index contributed by atoms with van der Waals surface area (Å²) in [6.07, 6.45) is 2.39. The van der Waals surface area contributed by atoms with E-state index in [0.29, 0.717) is 24.5 Å². The molecule has 6 heteroatoms. The number of carbonyl (C=O) groups excluding carboxylic acids is 2. The van der Waals surface area contributed by atoms with E-state index < -0.39 is 6.04 Å². The molecule has 2 amide bonds. The minimum Gasteiger partial charge on any atom is -0.361 e. The highest BCUT2D eigenvalue weighted by atomic mass is 35.5. The molecular formula is C20H18ClN3O2. The number of aromatic nitrogens is 1. The molecule has 1 fully saturated rings. The lowest BCUT2D eigenvalue weighted by molar-refractivity contribution is -0.149. The summed E-state index contributed by atoms with van der Waals surface area (Å²) in [6.45, 7) is 0.988. The van der Waals surface area contributed by atoms with Crippen molar-refractivity contribution in [2.45, 2.75) is 19.0 Å². The van der Waals surface area contributed by atoms with Gasteiger partial charge < -0.3 is 15.2 Å². The van der Waals surface area contributed by atoms with Crippen LogP contribution in [0.4, 0.5) is 0 Å². The first-order chi connectivity index (χ1) is 12.6. The Balaban J connectivity index is 1.54. The van der Waals surface area contributed by atoms with E-state index in [2.05, 4.69) is 10.3 Å². The van der Waals surface area contributed by atoms with Crippen molar-refractivity contribution in [3.05, 3.63) is 70.9 Å². The molecule has 2 aromatic carbocycles. The zero-order valence-electron chi connectivity index (χ0n) is 14.0. The normalized spacial score (nSPS) is 15.0. The number of nitrogens with one attached hydrogen (secondary N) is 2. The Bertz CT molecular complexity index is 965. The molecule has 132 valence electrons. The van der Waals surface area contributed by atoms with Crippen LogP contribution in [0.2, 0.25) is 5.02 Å². The molecule has 1 saturated heterocycles. The van der Waals surface area contributed by atoms with E-state index in [4.69, 9.17) is 11.6 Å². The molecule has 1 aromatic heterocycles. The molecule has 0 bridgehead atoms. The van der Waals surface area contributed by atoms with Gasteiger partial charge in [-0.15, -0.1) is 0 Å². The first-order valence-corrected chi connectivity index (χ1v) is 8.89. The topological polar surface area (TPSA) is 65.2 Å². The van der Waals surface area contributed by atoms with E-state index in [1.165, 1.54) is 0 Å². The zero-order chi connectivity index (χ0) is 18.1. The van der Waals surface area contributed by atoms with Gasteiger partial charge in [0.2, 0.25) is 11.8 Å². The van der Waals surface area contributed by atoms with Crippen molar-refractivity contribution in [3.8, 4) is 0 Å². The van der Waals surface area contributed by atoms with Crippen molar-refractivity contribution in [2.75, 3.05) is 6.54 Å². The minimum atomic E-state index is -0.626. The van der Waals surface area contributed by atoms with Crippen molar-refractivity contribution in [2.24, 2.45) is 0 Å². The second kappa shape index (κ2) is 6.84. The van der Waals surface area contributed by atoms with Gasteiger partial charge in [-0.3, -0.25) is 9.59 Å². The van der Waals surface area contributed by atoms with Crippen LogP contribution in [-0.2, 0) is 16.1 Å². The number of nitrogens with zero attached hydrogens (tertiary/aromatic N) is 1. The lowest BCUT2D eigenvalue weighted by Crippen LogP contribution is -2.50. The number of H-pyrrole nitrogens is 1. The zero-order valence-corrected chi connectivity index (χ0v) is 14.8. The lowest BCUT2D eigenvalue weighted by atomic mass is 10.00. The molecule has 5 nitrogen and oxygen atoms in total. The largest absolute Gasteiger partial charge is 0.361 e. The van der Waals surface area contributed by atoms with Gasteiger partial charge in [0.15, 0.2) is 0 Å². The number of hydrogen-bond acceptors (Lipinski definition) is 2. The van der Waals surface area contributed by atoms with Gasteiger partial charge in [0.1, 0.15) is 6.04 Å². The van der Waals surface area contributed by atoms with Crippen LogP contribution in [0.25, 0.3) is 10.9 Å². The van der Waals surface area contributed by atoms with Crippen molar-refractivity contribution in [1.82, 2.24) is 15.2 Å². The van der Waals surface area contributed by atoms with Gasteiger partial charge >= 0.3 is 0 Å². The summed E-state index contributed by atoms with van der Waals surface area (Å²) in [5, 5.41) is 4.65. The molecule has 26 heavy (non-hydrogen) atoms. The van der Waals surface area contributed by atoms with Crippen molar-refractivity contribution >= 4 is 34.3 Å². The van der Waals surface area contributed by atoms with E-state index in [0.717, 1.165) is 22.0 Å². The molecular weight excluding hydrogens is 350 g/mol. The maximum Gasteiger partial charge on any atom is 0.247 e. The van der Waals surface area contributed by atoms with E-state index in [1.807, 2.05) is 30.5 Å². The Hall–Kier alpha value is -2.79. The van der Waals surface area contributed by atoms with Gasteiger partial charge in [-0.05, 0) is 29.3 Å². The number of para-hydroxylation sites is 1. The Kier molecular flexibility index (Phi) is 4.39. The fourth-order valence-electron chi connectivity index (χ4n) is 3.28. The van der Waals surface area contributed by atoms with Gasteiger partial charge in [0.05, 0.1) is 0 Å². The van der Waals surface area contributed by atoms with Crippen molar-refractivity contribution in [3.63, 3.8) is 0 Å². The summed E-state index contributed by atoms with van der Waals surface area (Å²) >= 11 is 5.95. The molecule has 1 aliphatic heterocycles. The predicted molar refractivity (Wildman–Crippen MR) is 101 cm³/mol. The third-order valence-electron chi connectivity index (χ3n) is 4.76.